The molecule has 108 valence electrons. The number of carbonyl (C=O) groups excluding carboxylic acids is 1. The first-order chi connectivity index (χ1) is 9.61. The number of rotatable bonds is 8. The lowest BCUT2D eigenvalue weighted by molar-refractivity contribution is -0.123. The van der Waals surface area contributed by atoms with Gasteiger partial charge in [-0.25, -0.2) is 0 Å². The third-order valence-corrected chi connectivity index (χ3v) is 2.74. The highest BCUT2D eigenvalue weighted by Gasteiger charge is 2.02. The number of nitrogens with zero attached hydrogens (tertiary/aromatic N) is 1. The fourth-order valence-corrected chi connectivity index (χ4v) is 1.60. The van der Waals surface area contributed by atoms with Crippen LogP contribution in [0.3, 0.4) is 0 Å². The summed E-state index contributed by atoms with van der Waals surface area (Å²) in [5, 5.41) is 10.9. The van der Waals surface area contributed by atoms with Gasteiger partial charge in [0.25, 0.3) is 5.91 Å². The molecule has 0 fully saturated rings. The Morgan fingerprint density at radius 3 is 2.75 bits per heavy atom. The first-order valence-corrected chi connectivity index (χ1v) is 6.73. The topological polar surface area (TPSA) is 88.1 Å². The molecule has 20 heavy (non-hydrogen) atoms. The van der Waals surface area contributed by atoms with E-state index in [1.807, 2.05) is 37.3 Å². The average Bonchev–Trinajstić information content (AvgIpc) is 2.44. The Balaban J connectivity index is 2.31. The summed E-state index contributed by atoms with van der Waals surface area (Å²) in [6.07, 6.45) is 2.19. The summed E-state index contributed by atoms with van der Waals surface area (Å²) < 4.78 is 5.36. The zero-order chi connectivity index (χ0) is 14.8. The summed E-state index contributed by atoms with van der Waals surface area (Å²) in [6, 6.07) is 9.80. The minimum atomic E-state index is -0.221. The maximum absolute atomic E-state index is 11.4. The molecule has 3 N–H and O–H groups in total. The molecule has 1 aromatic carbocycles. The molecule has 1 aromatic rings. The van der Waals surface area contributed by atoms with Gasteiger partial charge >= 0.3 is 0 Å². The van der Waals surface area contributed by atoms with Crippen LogP contribution < -0.4 is 15.8 Å². The highest BCUT2D eigenvalue weighted by Crippen LogP contribution is 2.13. The monoisotopic (exact) mass is 275 g/mol. The Morgan fingerprint density at radius 1 is 1.45 bits per heavy atom. The van der Waals surface area contributed by atoms with Crippen molar-refractivity contribution in [3.05, 3.63) is 29.8 Å². The van der Waals surface area contributed by atoms with Crippen molar-refractivity contribution in [1.82, 2.24) is 5.32 Å². The predicted octanol–water partition coefficient (Wildman–Crippen LogP) is 1.38. The van der Waals surface area contributed by atoms with Gasteiger partial charge in [0.2, 0.25) is 0 Å². The van der Waals surface area contributed by atoms with Crippen molar-refractivity contribution in [1.29, 1.82) is 5.26 Å². The average molecular weight is 275 g/mol. The maximum atomic E-state index is 11.4. The number of benzene rings is 1. The van der Waals surface area contributed by atoms with Crippen molar-refractivity contribution < 1.29 is 9.53 Å². The first kappa shape index (κ1) is 16.0. The van der Waals surface area contributed by atoms with Crippen molar-refractivity contribution in [2.45, 2.75) is 32.2 Å². The molecule has 0 saturated carbocycles. The molecule has 1 atom stereocenters. The lowest BCUT2D eigenvalue weighted by atomic mass is 10.1. The Bertz CT molecular complexity index is 449. The Kier molecular flexibility index (Phi) is 7.15. The number of hydrogen-bond donors (Lipinski definition) is 2. The van der Waals surface area contributed by atoms with E-state index in [-0.39, 0.29) is 18.6 Å². The normalized spacial score (nSPS) is 11.4. The number of hydrogen-bond acceptors (Lipinski definition) is 4. The summed E-state index contributed by atoms with van der Waals surface area (Å²) in [4.78, 5) is 11.4. The number of aryl methyl sites for hydroxylation is 1. The fourth-order valence-electron chi connectivity index (χ4n) is 1.60. The van der Waals surface area contributed by atoms with E-state index in [2.05, 4.69) is 5.32 Å². The van der Waals surface area contributed by atoms with E-state index in [9.17, 15) is 4.79 Å². The zero-order valence-electron chi connectivity index (χ0n) is 11.8. The van der Waals surface area contributed by atoms with Crippen molar-refractivity contribution in [3.8, 4) is 11.8 Å². The molecule has 5 heteroatoms. The highest BCUT2D eigenvalue weighted by molar-refractivity contribution is 5.77. The first-order valence-electron chi connectivity index (χ1n) is 6.73. The van der Waals surface area contributed by atoms with Crippen molar-refractivity contribution in [2.24, 2.45) is 5.73 Å². The van der Waals surface area contributed by atoms with E-state index < -0.39 is 0 Å². The number of nitrogens with two attached hydrogens (primary N) is 1. The van der Waals surface area contributed by atoms with E-state index in [0.29, 0.717) is 18.7 Å². The lowest BCUT2D eigenvalue weighted by Crippen LogP contribution is -2.29. The molecule has 1 amide bonds. The number of nitriles is 1. The van der Waals surface area contributed by atoms with E-state index in [1.54, 1.807) is 0 Å². The van der Waals surface area contributed by atoms with Gasteiger partial charge in [0.05, 0.1) is 12.5 Å². The third-order valence-electron chi connectivity index (χ3n) is 2.74. The van der Waals surface area contributed by atoms with Gasteiger partial charge in [-0.15, -0.1) is 0 Å². The number of nitrogens with one attached hydrogen (secondary N) is 1. The molecule has 0 radical (unpaired) electrons. The summed E-state index contributed by atoms with van der Waals surface area (Å²) in [5.41, 5.74) is 6.91. The predicted molar refractivity (Wildman–Crippen MR) is 77.1 cm³/mol. The van der Waals surface area contributed by atoms with Crippen LogP contribution in [0.4, 0.5) is 0 Å². The summed E-state index contributed by atoms with van der Waals surface area (Å²) >= 11 is 0. The molecule has 1 unspecified atom stereocenters. The van der Waals surface area contributed by atoms with Crippen LogP contribution in [-0.4, -0.2) is 25.1 Å². The lowest BCUT2D eigenvalue weighted by Gasteiger charge is -2.08. The van der Waals surface area contributed by atoms with Gasteiger partial charge in [-0.1, -0.05) is 12.1 Å². The van der Waals surface area contributed by atoms with E-state index in [4.69, 9.17) is 15.7 Å². The molecule has 5 nitrogen and oxygen atoms in total. The number of ether oxygens (including phenoxy) is 1. The minimum Gasteiger partial charge on any atom is -0.484 e. The smallest absolute Gasteiger partial charge is 0.257 e. The summed E-state index contributed by atoms with van der Waals surface area (Å²) in [5.74, 6) is 0.436. The van der Waals surface area contributed by atoms with E-state index in [0.717, 1.165) is 12.8 Å². The molecule has 0 heterocycles. The molecule has 0 aliphatic rings. The Labute approximate surface area is 119 Å². The third kappa shape index (κ3) is 6.76. The number of carbonyl (C=O) groups is 1. The zero-order valence-corrected chi connectivity index (χ0v) is 11.8. The van der Waals surface area contributed by atoms with Crippen LogP contribution in [0, 0.1) is 11.3 Å². The second-order valence-electron chi connectivity index (χ2n) is 4.71. The second kappa shape index (κ2) is 8.94. The van der Waals surface area contributed by atoms with Crippen LogP contribution in [-0.2, 0) is 11.2 Å². The van der Waals surface area contributed by atoms with Crippen LogP contribution in [0.2, 0.25) is 0 Å². The summed E-state index contributed by atoms with van der Waals surface area (Å²) in [6.45, 7) is 2.31. The minimum absolute atomic E-state index is 0.0371. The standard InChI is InChI=1S/C15H21N3O2/c1-12(17)3-4-13-5-7-14(8-6-13)20-11-15(19)18-10-2-9-16/h5-8,12H,2-4,10-11,17H2,1H3,(H,18,19). The Hall–Kier alpha value is -2.06. The molecule has 1 rings (SSSR count). The van der Waals surface area contributed by atoms with Crippen LogP contribution >= 0.6 is 0 Å². The highest BCUT2D eigenvalue weighted by atomic mass is 16.5. The SMILES string of the molecule is CC(N)CCc1ccc(OCC(=O)NCCC#N)cc1. The second-order valence-corrected chi connectivity index (χ2v) is 4.71. The largest absolute Gasteiger partial charge is 0.484 e. The van der Waals surface area contributed by atoms with Crippen LogP contribution in [0.25, 0.3) is 0 Å². The number of amides is 1. The van der Waals surface area contributed by atoms with Gasteiger partial charge in [-0.2, -0.15) is 5.26 Å². The van der Waals surface area contributed by atoms with Crippen molar-refractivity contribution in [2.75, 3.05) is 13.2 Å². The molecular formula is C15H21N3O2. The van der Waals surface area contributed by atoms with Gasteiger partial charge in [0.15, 0.2) is 6.61 Å². The van der Waals surface area contributed by atoms with E-state index >= 15 is 0 Å². The molecule has 0 spiro atoms. The van der Waals surface area contributed by atoms with Crippen LogP contribution in [0.1, 0.15) is 25.3 Å². The Morgan fingerprint density at radius 2 is 2.15 bits per heavy atom. The molecule has 0 bridgehead atoms. The van der Waals surface area contributed by atoms with E-state index in [1.165, 1.54) is 5.56 Å². The van der Waals surface area contributed by atoms with Crippen molar-refractivity contribution in [3.63, 3.8) is 0 Å². The molecular weight excluding hydrogens is 254 g/mol. The molecule has 0 saturated heterocycles. The van der Waals surface area contributed by atoms with Crippen LogP contribution in [0.5, 0.6) is 5.75 Å². The quantitative estimate of drug-likeness (QED) is 0.701. The van der Waals surface area contributed by atoms with Gasteiger partial charge in [0.1, 0.15) is 5.75 Å². The van der Waals surface area contributed by atoms with Gasteiger partial charge < -0.3 is 15.8 Å². The van der Waals surface area contributed by atoms with Crippen molar-refractivity contribution >= 4 is 5.91 Å². The van der Waals surface area contributed by atoms with Crippen LogP contribution in [0.15, 0.2) is 24.3 Å². The molecule has 0 aliphatic heterocycles. The fraction of sp³-hybridized carbons (Fsp3) is 0.467. The van der Waals surface area contributed by atoms with Gasteiger partial charge in [-0.05, 0) is 37.5 Å². The maximum Gasteiger partial charge on any atom is 0.257 e. The summed E-state index contributed by atoms with van der Waals surface area (Å²) in [7, 11) is 0. The van der Waals surface area contributed by atoms with Gasteiger partial charge in [-0.3, -0.25) is 4.79 Å². The molecule has 0 aromatic heterocycles. The van der Waals surface area contributed by atoms with Gasteiger partial charge in [0, 0.05) is 12.6 Å². The molecule has 0 aliphatic carbocycles.